The van der Waals surface area contributed by atoms with Crippen molar-refractivity contribution in [1.82, 2.24) is 0 Å². The zero-order valence-corrected chi connectivity index (χ0v) is 8.27. The zero-order valence-electron chi connectivity index (χ0n) is 8.27. The molecule has 0 aromatic heterocycles. The van der Waals surface area contributed by atoms with Crippen molar-refractivity contribution in [3.8, 4) is 11.5 Å². The van der Waals surface area contributed by atoms with Crippen molar-refractivity contribution < 1.29 is 23.8 Å². The number of rotatable bonds is 2. The van der Waals surface area contributed by atoms with Crippen LogP contribution in [0.4, 0.5) is 4.39 Å². The first-order valence-corrected chi connectivity index (χ1v) is 4.67. The summed E-state index contributed by atoms with van der Waals surface area (Å²) in [5.41, 5.74) is 5.22. The Morgan fingerprint density at radius 1 is 1.38 bits per heavy atom. The van der Waals surface area contributed by atoms with Crippen molar-refractivity contribution in [2.45, 2.75) is 6.04 Å². The zero-order chi connectivity index (χ0) is 11.7. The van der Waals surface area contributed by atoms with E-state index in [-0.39, 0.29) is 11.3 Å². The standard InChI is InChI=1S/C10H10FNO4/c11-6-4-8-7(15-1-2-16-8)3-5(6)9(12)10(13)14/h3-4,9H,1-2,12H2,(H,13,14). The van der Waals surface area contributed by atoms with Crippen molar-refractivity contribution in [2.24, 2.45) is 5.73 Å². The van der Waals surface area contributed by atoms with Gasteiger partial charge in [0.25, 0.3) is 0 Å². The highest BCUT2D eigenvalue weighted by atomic mass is 19.1. The number of carboxylic acids is 1. The number of carbonyl (C=O) groups is 1. The minimum atomic E-state index is -1.41. The van der Waals surface area contributed by atoms with Gasteiger partial charge in [-0.1, -0.05) is 0 Å². The van der Waals surface area contributed by atoms with Gasteiger partial charge >= 0.3 is 5.97 Å². The Kier molecular flexibility index (Phi) is 2.66. The van der Waals surface area contributed by atoms with Gasteiger partial charge in [0.15, 0.2) is 11.5 Å². The molecule has 1 aliphatic rings. The molecule has 16 heavy (non-hydrogen) atoms. The predicted octanol–water partition coefficient (Wildman–Crippen LogP) is 0.681. The molecule has 6 heteroatoms. The molecule has 1 unspecified atom stereocenters. The molecule has 3 N–H and O–H groups in total. The maximum atomic E-state index is 13.5. The highest BCUT2D eigenvalue weighted by Crippen LogP contribution is 2.34. The molecular weight excluding hydrogens is 217 g/mol. The Morgan fingerprint density at radius 3 is 2.50 bits per heavy atom. The first kappa shape index (κ1) is 10.7. The quantitative estimate of drug-likeness (QED) is 0.776. The number of nitrogens with two attached hydrogens (primary N) is 1. The normalized spacial score (nSPS) is 15.6. The number of ether oxygens (including phenoxy) is 2. The molecule has 0 fully saturated rings. The van der Waals surface area contributed by atoms with Crippen molar-refractivity contribution >= 4 is 5.97 Å². The molecule has 0 saturated carbocycles. The molecule has 2 rings (SSSR count). The maximum absolute atomic E-state index is 13.5. The molecule has 1 aliphatic heterocycles. The van der Waals surface area contributed by atoms with E-state index < -0.39 is 17.8 Å². The van der Waals surface area contributed by atoms with Crippen LogP contribution in [-0.4, -0.2) is 24.3 Å². The minimum absolute atomic E-state index is 0.114. The van der Waals surface area contributed by atoms with E-state index in [1.54, 1.807) is 0 Å². The summed E-state index contributed by atoms with van der Waals surface area (Å²) in [7, 11) is 0. The van der Waals surface area contributed by atoms with Crippen LogP contribution in [0.15, 0.2) is 12.1 Å². The lowest BCUT2D eigenvalue weighted by Gasteiger charge is -2.20. The Hall–Kier alpha value is -1.82. The number of hydrogen-bond donors (Lipinski definition) is 2. The lowest BCUT2D eigenvalue weighted by Crippen LogP contribution is -2.23. The SMILES string of the molecule is NC(C(=O)O)c1cc2c(cc1F)OCCO2. The van der Waals surface area contributed by atoms with Gasteiger partial charge in [-0.15, -0.1) is 0 Å². The smallest absolute Gasteiger partial charge is 0.325 e. The minimum Gasteiger partial charge on any atom is -0.486 e. The van der Waals surface area contributed by atoms with E-state index in [2.05, 4.69) is 0 Å². The number of aliphatic carboxylic acids is 1. The molecule has 5 nitrogen and oxygen atoms in total. The summed E-state index contributed by atoms with van der Waals surface area (Å²) in [5, 5.41) is 8.70. The first-order chi connectivity index (χ1) is 7.59. The average molecular weight is 227 g/mol. The van der Waals surface area contributed by atoms with E-state index in [0.717, 1.165) is 6.07 Å². The van der Waals surface area contributed by atoms with Crippen LogP contribution < -0.4 is 15.2 Å². The molecule has 1 aromatic rings. The van der Waals surface area contributed by atoms with E-state index in [1.807, 2.05) is 0 Å². The van der Waals surface area contributed by atoms with Crippen LogP contribution in [0, 0.1) is 5.82 Å². The monoisotopic (exact) mass is 227 g/mol. The molecule has 0 spiro atoms. The van der Waals surface area contributed by atoms with Crippen LogP contribution in [0.1, 0.15) is 11.6 Å². The molecule has 0 amide bonds. The van der Waals surface area contributed by atoms with Crippen molar-refractivity contribution in [2.75, 3.05) is 13.2 Å². The Labute approximate surface area is 90.6 Å². The maximum Gasteiger partial charge on any atom is 0.325 e. The summed E-state index contributed by atoms with van der Waals surface area (Å²) in [4.78, 5) is 10.7. The summed E-state index contributed by atoms with van der Waals surface area (Å²) >= 11 is 0. The Balaban J connectivity index is 2.43. The number of carboxylic acid groups (broad SMARTS) is 1. The predicted molar refractivity (Wildman–Crippen MR) is 52.0 cm³/mol. The van der Waals surface area contributed by atoms with E-state index in [0.29, 0.717) is 19.0 Å². The lowest BCUT2D eigenvalue weighted by atomic mass is 10.1. The number of halogens is 1. The van der Waals surface area contributed by atoms with E-state index >= 15 is 0 Å². The van der Waals surface area contributed by atoms with Crippen LogP contribution in [0.2, 0.25) is 0 Å². The van der Waals surface area contributed by atoms with E-state index in [9.17, 15) is 9.18 Å². The molecule has 1 atom stereocenters. The molecule has 1 heterocycles. The largest absolute Gasteiger partial charge is 0.486 e. The molecule has 0 aliphatic carbocycles. The molecule has 1 aromatic carbocycles. The van der Waals surface area contributed by atoms with Crippen molar-refractivity contribution in [1.29, 1.82) is 0 Å². The van der Waals surface area contributed by atoms with E-state index in [1.165, 1.54) is 6.07 Å². The molecule has 0 saturated heterocycles. The summed E-state index contributed by atoms with van der Waals surface area (Å²) in [6, 6.07) is 0.950. The molecule has 0 radical (unpaired) electrons. The number of fused-ring (bicyclic) bond motifs is 1. The topological polar surface area (TPSA) is 81.8 Å². The van der Waals surface area contributed by atoms with Crippen LogP contribution in [0.5, 0.6) is 11.5 Å². The molecule has 86 valence electrons. The second kappa shape index (κ2) is 3.97. The second-order valence-corrected chi connectivity index (χ2v) is 3.33. The van der Waals surface area contributed by atoms with Crippen molar-refractivity contribution in [3.05, 3.63) is 23.5 Å². The van der Waals surface area contributed by atoms with Gasteiger partial charge in [-0.25, -0.2) is 4.39 Å². The van der Waals surface area contributed by atoms with Crippen LogP contribution >= 0.6 is 0 Å². The summed E-state index contributed by atoms with van der Waals surface area (Å²) in [6.07, 6.45) is 0. The Morgan fingerprint density at radius 2 is 1.94 bits per heavy atom. The first-order valence-electron chi connectivity index (χ1n) is 4.67. The third-order valence-corrected chi connectivity index (χ3v) is 2.26. The third kappa shape index (κ3) is 1.79. The van der Waals surface area contributed by atoms with E-state index in [4.69, 9.17) is 20.3 Å². The van der Waals surface area contributed by atoms with Crippen LogP contribution in [-0.2, 0) is 4.79 Å². The highest BCUT2D eigenvalue weighted by Gasteiger charge is 2.23. The molecule has 0 bridgehead atoms. The van der Waals surface area contributed by atoms with Gasteiger partial charge in [-0.05, 0) is 6.07 Å². The summed E-state index contributed by atoms with van der Waals surface area (Å²) < 4.78 is 23.9. The van der Waals surface area contributed by atoms with Gasteiger partial charge in [0.1, 0.15) is 25.1 Å². The highest BCUT2D eigenvalue weighted by molar-refractivity contribution is 5.75. The second-order valence-electron chi connectivity index (χ2n) is 3.33. The van der Waals surface area contributed by atoms with Gasteiger partial charge in [0, 0.05) is 11.6 Å². The third-order valence-electron chi connectivity index (χ3n) is 2.26. The van der Waals surface area contributed by atoms with Crippen molar-refractivity contribution in [3.63, 3.8) is 0 Å². The fourth-order valence-corrected chi connectivity index (χ4v) is 1.45. The van der Waals surface area contributed by atoms with Gasteiger partial charge < -0.3 is 20.3 Å². The fourth-order valence-electron chi connectivity index (χ4n) is 1.45. The van der Waals surface area contributed by atoms with Crippen LogP contribution in [0.3, 0.4) is 0 Å². The number of hydrogen-bond acceptors (Lipinski definition) is 4. The summed E-state index contributed by atoms with van der Waals surface area (Å²) in [5.74, 6) is -1.42. The fraction of sp³-hybridized carbons (Fsp3) is 0.300. The molecular formula is C10H10FNO4. The van der Waals surface area contributed by atoms with Gasteiger partial charge in [0.05, 0.1) is 0 Å². The van der Waals surface area contributed by atoms with Crippen LogP contribution in [0.25, 0.3) is 0 Å². The average Bonchev–Trinajstić information content (AvgIpc) is 2.27. The van der Waals surface area contributed by atoms with Gasteiger partial charge in [0.2, 0.25) is 0 Å². The van der Waals surface area contributed by atoms with Gasteiger partial charge in [-0.3, -0.25) is 4.79 Å². The summed E-state index contributed by atoms with van der Waals surface area (Å²) in [6.45, 7) is 0.692. The number of benzene rings is 1. The Bertz CT molecular complexity index is 435. The lowest BCUT2D eigenvalue weighted by molar-refractivity contribution is -0.138. The van der Waals surface area contributed by atoms with Gasteiger partial charge in [-0.2, -0.15) is 0 Å².